The van der Waals surface area contributed by atoms with Crippen LogP contribution in [0.25, 0.3) is 16.3 Å². The van der Waals surface area contributed by atoms with Gasteiger partial charge in [0.25, 0.3) is 0 Å². The summed E-state index contributed by atoms with van der Waals surface area (Å²) in [5, 5.41) is 12.2. The van der Waals surface area contributed by atoms with Gasteiger partial charge in [0.2, 0.25) is 5.91 Å². The lowest BCUT2D eigenvalue weighted by atomic mass is 10.1. The maximum absolute atomic E-state index is 15.1. The molecule has 0 bridgehead atoms. The number of aliphatic imine (C=N–C) groups is 1. The zero-order valence-corrected chi connectivity index (χ0v) is 21.7. The monoisotopic (exact) mass is 523 g/mol. The minimum absolute atomic E-state index is 0.0757. The van der Waals surface area contributed by atoms with Gasteiger partial charge >= 0.3 is 6.17 Å². The quantitative estimate of drug-likeness (QED) is 0.298. The van der Waals surface area contributed by atoms with Gasteiger partial charge in [0.15, 0.2) is 5.01 Å². The summed E-state index contributed by atoms with van der Waals surface area (Å²) in [6, 6.07) is 10.7. The number of alkyl halides is 2. The largest absolute Gasteiger partial charge is 0.493 e. The molecular formula is C27H27F2N5O2S. The number of allylic oxidation sites excluding steroid dienone is 3. The molecule has 0 fully saturated rings. The lowest BCUT2D eigenvalue weighted by Gasteiger charge is -2.19. The average Bonchev–Trinajstić information content (AvgIpc) is 3.45. The van der Waals surface area contributed by atoms with Crippen molar-refractivity contribution in [3.05, 3.63) is 63.9 Å². The Hall–Kier alpha value is -3.84. The summed E-state index contributed by atoms with van der Waals surface area (Å²) < 4.78 is 37.6. The summed E-state index contributed by atoms with van der Waals surface area (Å²) >= 11 is 1.30. The van der Waals surface area contributed by atoms with Crippen LogP contribution in [0.2, 0.25) is 0 Å². The van der Waals surface area contributed by atoms with E-state index in [1.807, 2.05) is 26.0 Å². The number of rotatable bonds is 8. The topological polar surface area (TPSA) is 92.3 Å². The number of thiazole rings is 1. The van der Waals surface area contributed by atoms with Crippen LogP contribution >= 0.6 is 11.3 Å². The van der Waals surface area contributed by atoms with Gasteiger partial charge in [0, 0.05) is 30.1 Å². The predicted octanol–water partition coefficient (Wildman–Crippen LogP) is 5.82. The highest BCUT2D eigenvalue weighted by molar-refractivity contribution is 7.19. The molecule has 0 saturated carbocycles. The molecule has 1 aromatic carbocycles. The van der Waals surface area contributed by atoms with Crippen molar-refractivity contribution in [3.63, 3.8) is 0 Å². The maximum Gasteiger partial charge on any atom is 0.435 e. The van der Waals surface area contributed by atoms with Crippen molar-refractivity contribution in [2.45, 2.75) is 46.2 Å². The Morgan fingerprint density at radius 3 is 2.76 bits per heavy atom. The average molecular weight is 524 g/mol. The lowest BCUT2D eigenvalue weighted by Crippen LogP contribution is -2.28. The Morgan fingerprint density at radius 1 is 1.19 bits per heavy atom. The van der Waals surface area contributed by atoms with Gasteiger partial charge in [-0.25, -0.2) is 9.98 Å². The number of carbonyl (C=O) groups is 1. The molecule has 37 heavy (non-hydrogen) atoms. The molecule has 3 aromatic rings. The van der Waals surface area contributed by atoms with Crippen LogP contribution in [0.15, 0.2) is 52.5 Å². The minimum atomic E-state index is -3.46. The summed E-state index contributed by atoms with van der Waals surface area (Å²) in [6.07, 6.45) is 0.719. The lowest BCUT2D eigenvalue weighted by molar-refractivity contribution is -0.121. The van der Waals surface area contributed by atoms with Crippen LogP contribution in [-0.2, 0) is 17.4 Å². The van der Waals surface area contributed by atoms with Gasteiger partial charge in [-0.1, -0.05) is 0 Å². The number of amides is 1. The number of hydrogen-bond donors (Lipinski definition) is 1. The van der Waals surface area contributed by atoms with Gasteiger partial charge in [0.05, 0.1) is 16.8 Å². The van der Waals surface area contributed by atoms with Crippen molar-refractivity contribution >= 4 is 39.2 Å². The number of fused-ring (bicyclic) bond motifs is 2. The Labute approximate surface area is 217 Å². The number of nitriles is 1. The van der Waals surface area contributed by atoms with Crippen molar-refractivity contribution in [1.82, 2.24) is 14.9 Å². The molecule has 1 aliphatic rings. The number of nitrogens with one attached hydrogen (secondary N) is 1. The van der Waals surface area contributed by atoms with E-state index in [-0.39, 0.29) is 24.5 Å². The standard InChI is InChI=1S/C27H27F2N5O2S/c1-17-13-19(3)33-27(28,29)34-20(5-6-21(34)14-18(17)2)7-10-25(35)31-11-4-12-36-22-8-9-23-24(15-22)37-26(16-30)32-23/h5-6,8-9,13-15H,4,7,10-12H2,1-3H3,(H,31,35). The molecule has 0 spiro atoms. The molecule has 1 N–H and O–H groups in total. The predicted molar refractivity (Wildman–Crippen MR) is 141 cm³/mol. The molecule has 10 heteroatoms. The number of halogens is 2. The van der Waals surface area contributed by atoms with Crippen molar-refractivity contribution in [2.75, 3.05) is 13.2 Å². The second-order valence-corrected chi connectivity index (χ2v) is 9.85. The number of nitrogens with zero attached hydrogens (tertiary/aromatic N) is 4. The number of benzene rings is 1. The molecule has 0 saturated heterocycles. The fourth-order valence-electron chi connectivity index (χ4n) is 4.05. The molecule has 4 rings (SSSR count). The fraction of sp³-hybridized carbons (Fsp3) is 0.333. The van der Waals surface area contributed by atoms with Gasteiger partial charge in [-0.15, -0.1) is 11.3 Å². The third kappa shape index (κ3) is 6.30. The van der Waals surface area contributed by atoms with E-state index in [4.69, 9.17) is 10.00 Å². The van der Waals surface area contributed by atoms with Crippen molar-refractivity contribution in [1.29, 1.82) is 5.26 Å². The molecule has 0 aliphatic carbocycles. The van der Waals surface area contributed by atoms with Crippen molar-refractivity contribution in [2.24, 2.45) is 4.99 Å². The first-order valence-electron chi connectivity index (χ1n) is 11.9. The fourth-order valence-corrected chi connectivity index (χ4v) is 4.84. The van der Waals surface area contributed by atoms with E-state index in [0.717, 1.165) is 25.9 Å². The van der Waals surface area contributed by atoms with E-state index in [9.17, 15) is 4.79 Å². The first kappa shape index (κ1) is 26.2. The molecule has 192 valence electrons. The molecular weight excluding hydrogens is 496 g/mol. The van der Waals surface area contributed by atoms with Gasteiger partial charge in [-0.3, -0.25) is 9.36 Å². The Balaban J connectivity index is 1.29. The van der Waals surface area contributed by atoms with Crippen LogP contribution in [0.1, 0.15) is 50.0 Å². The molecule has 3 heterocycles. The van der Waals surface area contributed by atoms with Crippen LogP contribution in [0.4, 0.5) is 8.78 Å². The van der Waals surface area contributed by atoms with Crippen LogP contribution in [0.3, 0.4) is 0 Å². The van der Waals surface area contributed by atoms with E-state index in [2.05, 4.69) is 15.3 Å². The summed E-state index contributed by atoms with van der Waals surface area (Å²) in [6.45, 7) is 6.09. The van der Waals surface area contributed by atoms with E-state index in [1.165, 1.54) is 11.3 Å². The molecule has 2 aromatic heterocycles. The van der Waals surface area contributed by atoms with E-state index >= 15 is 8.78 Å². The van der Waals surface area contributed by atoms with Crippen LogP contribution in [0.5, 0.6) is 5.75 Å². The van der Waals surface area contributed by atoms with Crippen molar-refractivity contribution in [3.8, 4) is 11.8 Å². The summed E-state index contributed by atoms with van der Waals surface area (Å²) in [7, 11) is 0. The SMILES string of the molecule is CC1=CC(C)=NC(F)(F)n2c(ccc2CCC(=O)NCCCOc2ccc3nc(C#N)sc3c2)C=C1C. The molecule has 1 amide bonds. The minimum Gasteiger partial charge on any atom is -0.493 e. The molecule has 0 atom stereocenters. The van der Waals surface area contributed by atoms with Gasteiger partial charge in [-0.2, -0.15) is 14.0 Å². The number of aromatic nitrogens is 2. The number of ether oxygens (including phenoxy) is 1. The second-order valence-electron chi connectivity index (χ2n) is 8.81. The highest BCUT2D eigenvalue weighted by Gasteiger charge is 2.34. The van der Waals surface area contributed by atoms with Gasteiger partial charge in [0.1, 0.15) is 11.8 Å². The Kier molecular flexibility index (Phi) is 7.83. The zero-order chi connectivity index (χ0) is 26.6. The van der Waals surface area contributed by atoms with Gasteiger partial charge in [-0.05, 0) is 87.2 Å². The Morgan fingerprint density at radius 2 is 1.97 bits per heavy atom. The van der Waals surface area contributed by atoms with E-state index in [1.54, 1.807) is 43.3 Å². The highest BCUT2D eigenvalue weighted by Crippen LogP contribution is 2.32. The zero-order valence-electron chi connectivity index (χ0n) is 20.8. The molecule has 0 unspecified atom stereocenters. The van der Waals surface area contributed by atoms with Crippen LogP contribution in [0, 0.1) is 11.3 Å². The number of carbonyl (C=O) groups excluding carboxylic acids is 1. The highest BCUT2D eigenvalue weighted by atomic mass is 32.1. The Bertz CT molecular complexity index is 1460. The molecule has 7 nitrogen and oxygen atoms in total. The summed E-state index contributed by atoms with van der Waals surface area (Å²) in [4.78, 5) is 20.2. The third-order valence-electron chi connectivity index (χ3n) is 5.96. The summed E-state index contributed by atoms with van der Waals surface area (Å²) in [5.74, 6) is 0.446. The number of hydrogen-bond acceptors (Lipinski definition) is 6. The van der Waals surface area contributed by atoms with Crippen LogP contribution < -0.4 is 10.1 Å². The number of aryl methyl sites for hydroxylation is 1. The molecule has 0 radical (unpaired) electrons. The normalized spacial score (nSPS) is 14.9. The first-order valence-corrected chi connectivity index (χ1v) is 12.7. The van der Waals surface area contributed by atoms with Crippen molar-refractivity contribution < 1.29 is 18.3 Å². The maximum atomic E-state index is 15.1. The van der Waals surface area contributed by atoms with Gasteiger partial charge < -0.3 is 10.1 Å². The third-order valence-corrected chi connectivity index (χ3v) is 6.88. The van der Waals surface area contributed by atoms with E-state index in [0.29, 0.717) is 41.7 Å². The molecule has 1 aliphatic heterocycles. The smallest absolute Gasteiger partial charge is 0.435 e. The second kappa shape index (κ2) is 11.0. The van der Waals surface area contributed by atoms with E-state index < -0.39 is 6.17 Å². The first-order chi connectivity index (χ1) is 17.7. The summed E-state index contributed by atoms with van der Waals surface area (Å²) in [5.41, 5.74) is 3.43. The van der Waals surface area contributed by atoms with Crippen LogP contribution in [-0.4, -0.2) is 34.3 Å².